The number of aromatic nitrogens is 4. The maximum absolute atomic E-state index is 13.6. The molecule has 5 aliphatic rings. The second-order valence-electron chi connectivity index (χ2n) is 11.6. The molecule has 0 spiro atoms. The number of likely N-dealkylation sites (tertiary alicyclic amines) is 2. The van der Waals surface area contributed by atoms with Gasteiger partial charge in [0.05, 0.1) is 18.8 Å². The van der Waals surface area contributed by atoms with Crippen molar-refractivity contribution in [3.05, 3.63) is 34.8 Å². The van der Waals surface area contributed by atoms with Gasteiger partial charge in [0.1, 0.15) is 5.69 Å². The summed E-state index contributed by atoms with van der Waals surface area (Å²) < 4.78 is 11.6. The first kappa shape index (κ1) is 23.9. The van der Waals surface area contributed by atoms with Crippen LogP contribution >= 0.6 is 0 Å². The number of amides is 3. The van der Waals surface area contributed by atoms with Gasteiger partial charge >= 0.3 is 6.03 Å². The zero-order valence-electron chi connectivity index (χ0n) is 21.7. The van der Waals surface area contributed by atoms with E-state index in [1.807, 2.05) is 26.8 Å². The number of hydrogen-bond acceptors (Lipinski definition) is 7. The van der Waals surface area contributed by atoms with E-state index in [-0.39, 0.29) is 11.9 Å². The summed E-state index contributed by atoms with van der Waals surface area (Å²) in [5.74, 6) is 2.15. The van der Waals surface area contributed by atoms with Crippen molar-refractivity contribution in [2.75, 3.05) is 52.5 Å². The molecule has 0 bridgehead atoms. The standard InChI is InChI=1S/C27H35N7O4/c35-26(19-9-23(18-1-2-18)28-25(10-19)38-16-17-4-7-37-8-5-17)33-11-20-13-34(14-21(20)12-33)27(36)32-6-3-22-24(15-32)30-31-29-22/h9-10,17-18,20-21H,1-8,11-16H2,(H,29,30,31)/t20-,21-/m0/s1. The lowest BCUT2D eigenvalue weighted by atomic mass is 10.0. The lowest BCUT2D eigenvalue weighted by molar-refractivity contribution is 0.0490. The van der Waals surface area contributed by atoms with E-state index in [2.05, 4.69) is 15.4 Å². The van der Waals surface area contributed by atoms with Crippen molar-refractivity contribution in [3.8, 4) is 5.88 Å². The van der Waals surface area contributed by atoms with Crippen LogP contribution in [0.3, 0.4) is 0 Å². The van der Waals surface area contributed by atoms with Crippen LogP contribution < -0.4 is 4.74 Å². The fraction of sp³-hybridized carbons (Fsp3) is 0.667. The number of rotatable bonds is 5. The monoisotopic (exact) mass is 521 g/mol. The lowest BCUT2D eigenvalue weighted by Crippen LogP contribution is -2.45. The number of H-pyrrole nitrogens is 1. The lowest BCUT2D eigenvalue weighted by Gasteiger charge is -2.31. The van der Waals surface area contributed by atoms with Crippen molar-refractivity contribution in [1.29, 1.82) is 0 Å². The van der Waals surface area contributed by atoms with E-state index in [4.69, 9.17) is 14.5 Å². The predicted octanol–water partition coefficient (Wildman–Crippen LogP) is 2.06. The number of fused-ring (bicyclic) bond motifs is 2. The molecule has 2 aromatic heterocycles. The number of ether oxygens (including phenoxy) is 2. The molecular weight excluding hydrogens is 486 g/mol. The van der Waals surface area contributed by atoms with Gasteiger partial charge < -0.3 is 24.2 Å². The van der Waals surface area contributed by atoms with Crippen LogP contribution in [0.1, 0.15) is 59.0 Å². The Morgan fingerprint density at radius 2 is 1.76 bits per heavy atom. The number of carbonyl (C=O) groups is 2. The second-order valence-corrected chi connectivity index (χ2v) is 11.6. The largest absolute Gasteiger partial charge is 0.477 e. The Balaban J connectivity index is 0.980. The van der Waals surface area contributed by atoms with Crippen molar-refractivity contribution in [1.82, 2.24) is 35.1 Å². The van der Waals surface area contributed by atoms with Crippen LogP contribution in [0.2, 0.25) is 0 Å². The smallest absolute Gasteiger partial charge is 0.320 e. The molecule has 4 fully saturated rings. The molecule has 0 aromatic carbocycles. The predicted molar refractivity (Wildman–Crippen MR) is 136 cm³/mol. The van der Waals surface area contributed by atoms with Gasteiger partial charge in [-0.3, -0.25) is 9.89 Å². The highest BCUT2D eigenvalue weighted by molar-refractivity contribution is 5.95. The van der Waals surface area contributed by atoms with Gasteiger partial charge in [0, 0.05) is 87.4 Å². The third kappa shape index (κ3) is 4.72. The number of hydrogen-bond donors (Lipinski definition) is 1. The maximum Gasteiger partial charge on any atom is 0.320 e. The van der Waals surface area contributed by atoms with Crippen LogP contribution in [0.25, 0.3) is 0 Å². The zero-order chi connectivity index (χ0) is 25.6. The molecule has 4 aliphatic heterocycles. The number of aromatic amines is 1. The Morgan fingerprint density at radius 3 is 2.53 bits per heavy atom. The number of pyridine rings is 1. The van der Waals surface area contributed by atoms with Crippen LogP contribution in [0.4, 0.5) is 4.79 Å². The quantitative estimate of drug-likeness (QED) is 0.640. The van der Waals surface area contributed by atoms with Crippen molar-refractivity contribution < 1.29 is 19.1 Å². The fourth-order valence-electron chi connectivity index (χ4n) is 6.39. The molecule has 6 heterocycles. The molecule has 1 aliphatic carbocycles. The molecule has 7 rings (SSSR count). The van der Waals surface area contributed by atoms with Gasteiger partial charge in [0.15, 0.2) is 0 Å². The Bertz CT molecular complexity index is 1190. The van der Waals surface area contributed by atoms with E-state index < -0.39 is 0 Å². The number of nitrogens with one attached hydrogen (secondary N) is 1. The Hall–Kier alpha value is -3.21. The molecule has 11 heteroatoms. The molecule has 2 aromatic rings. The summed E-state index contributed by atoms with van der Waals surface area (Å²) >= 11 is 0. The maximum atomic E-state index is 13.6. The van der Waals surface area contributed by atoms with Crippen LogP contribution in [0.5, 0.6) is 5.88 Å². The first-order valence-electron chi connectivity index (χ1n) is 14.0. The van der Waals surface area contributed by atoms with E-state index in [1.165, 1.54) is 0 Å². The van der Waals surface area contributed by atoms with Crippen LogP contribution in [0.15, 0.2) is 12.1 Å². The van der Waals surface area contributed by atoms with Crippen molar-refractivity contribution >= 4 is 11.9 Å². The van der Waals surface area contributed by atoms with E-state index >= 15 is 0 Å². The molecule has 1 N–H and O–H groups in total. The zero-order valence-corrected chi connectivity index (χ0v) is 21.7. The molecule has 3 saturated heterocycles. The minimum Gasteiger partial charge on any atom is -0.477 e. The highest BCUT2D eigenvalue weighted by Crippen LogP contribution is 2.40. The normalized spacial score (nSPS) is 25.4. The van der Waals surface area contributed by atoms with Crippen molar-refractivity contribution in [3.63, 3.8) is 0 Å². The van der Waals surface area contributed by atoms with Crippen LogP contribution in [-0.4, -0.2) is 99.6 Å². The topological polar surface area (TPSA) is 117 Å². The fourth-order valence-corrected chi connectivity index (χ4v) is 6.39. The molecule has 3 amide bonds. The van der Waals surface area contributed by atoms with Gasteiger partial charge in [-0.25, -0.2) is 9.78 Å². The summed E-state index contributed by atoms with van der Waals surface area (Å²) in [6, 6.07) is 3.87. The summed E-state index contributed by atoms with van der Waals surface area (Å²) in [4.78, 5) is 37.4. The van der Waals surface area contributed by atoms with E-state index in [0.29, 0.717) is 81.0 Å². The Labute approximate surface area is 221 Å². The molecule has 2 atom stereocenters. The summed E-state index contributed by atoms with van der Waals surface area (Å²) in [6.07, 6.45) is 5.01. The number of nitrogens with zero attached hydrogens (tertiary/aromatic N) is 6. The second kappa shape index (κ2) is 9.83. The third-order valence-electron chi connectivity index (χ3n) is 8.86. The average Bonchev–Trinajstić information content (AvgIpc) is 3.37. The van der Waals surface area contributed by atoms with E-state index in [0.717, 1.165) is 62.4 Å². The van der Waals surface area contributed by atoms with Gasteiger partial charge in [-0.1, -0.05) is 5.21 Å². The average molecular weight is 522 g/mol. The highest BCUT2D eigenvalue weighted by Gasteiger charge is 2.44. The number of urea groups is 1. The van der Waals surface area contributed by atoms with Gasteiger partial charge in [-0.15, -0.1) is 5.10 Å². The SMILES string of the molecule is O=C(c1cc(OCC2CCOCC2)nc(C2CC2)c1)N1C[C@H]2CN(C(=O)N3CCc4[nH]nnc4C3)C[C@@H]2C1. The first-order chi connectivity index (χ1) is 18.6. The van der Waals surface area contributed by atoms with Crippen LogP contribution in [0, 0.1) is 17.8 Å². The molecule has 11 nitrogen and oxygen atoms in total. The molecule has 0 radical (unpaired) electrons. The highest BCUT2D eigenvalue weighted by atomic mass is 16.5. The molecule has 38 heavy (non-hydrogen) atoms. The molecule has 202 valence electrons. The summed E-state index contributed by atoms with van der Waals surface area (Å²) in [7, 11) is 0. The summed E-state index contributed by atoms with van der Waals surface area (Å²) in [5, 5.41) is 10.9. The van der Waals surface area contributed by atoms with Gasteiger partial charge in [0.25, 0.3) is 5.91 Å². The molecule has 1 saturated carbocycles. The van der Waals surface area contributed by atoms with Gasteiger partial charge in [-0.05, 0) is 37.7 Å². The van der Waals surface area contributed by atoms with E-state index in [1.54, 1.807) is 0 Å². The van der Waals surface area contributed by atoms with E-state index in [9.17, 15) is 9.59 Å². The molecular formula is C27H35N7O4. The Kier molecular flexibility index (Phi) is 6.18. The van der Waals surface area contributed by atoms with Gasteiger partial charge in [0.2, 0.25) is 5.88 Å². The first-order valence-corrected chi connectivity index (χ1v) is 14.0. The minimum atomic E-state index is 0.0482. The summed E-state index contributed by atoms with van der Waals surface area (Å²) in [6.45, 7) is 6.12. The third-order valence-corrected chi connectivity index (χ3v) is 8.86. The van der Waals surface area contributed by atoms with Crippen LogP contribution in [-0.2, 0) is 17.7 Å². The minimum absolute atomic E-state index is 0.0482. The van der Waals surface area contributed by atoms with Gasteiger partial charge in [-0.2, -0.15) is 0 Å². The molecule has 0 unspecified atom stereocenters. The summed E-state index contributed by atoms with van der Waals surface area (Å²) in [5.41, 5.74) is 3.54. The van der Waals surface area contributed by atoms with Crippen molar-refractivity contribution in [2.45, 2.75) is 44.6 Å². The Morgan fingerprint density at radius 1 is 1.00 bits per heavy atom. The van der Waals surface area contributed by atoms with Crippen molar-refractivity contribution in [2.24, 2.45) is 17.8 Å². The number of carbonyl (C=O) groups excluding carboxylic acids is 2.